The van der Waals surface area contributed by atoms with E-state index in [0.29, 0.717) is 26.2 Å². The highest BCUT2D eigenvalue weighted by molar-refractivity contribution is 5.78. The first-order chi connectivity index (χ1) is 13.0. The van der Waals surface area contributed by atoms with E-state index in [2.05, 4.69) is 9.88 Å². The minimum Gasteiger partial charge on any atom is -0.384 e. The third-order valence-electron chi connectivity index (χ3n) is 5.57. The van der Waals surface area contributed by atoms with Crippen LogP contribution in [-0.4, -0.2) is 81.7 Å². The van der Waals surface area contributed by atoms with Gasteiger partial charge >= 0.3 is 0 Å². The van der Waals surface area contributed by atoms with Gasteiger partial charge in [-0.05, 0) is 44.5 Å². The largest absolute Gasteiger partial charge is 0.384 e. The Labute approximate surface area is 159 Å². The van der Waals surface area contributed by atoms with Crippen molar-refractivity contribution >= 4 is 11.6 Å². The molecule has 2 aromatic rings. The lowest BCUT2D eigenvalue weighted by Gasteiger charge is -2.34. The Morgan fingerprint density at radius 3 is 2.96 bits per heavy atom. The fraction of sp³-hybridized carbons (Fsp3) is 0.600. The summed E-state index contributed by atoms with van der Waals surface area (Å²) in [7, 11) is 0. The smallest absolute Gasteiger partial charge is 0.228 e. The number of aliphatic hydroxyl groups is 1. The van der Waals surface area contributed by atoms with Crippen molar-refractivity contribution in [3.05, 3.63) is 35.8 Å². The molecular weight excluding hydrogens is 344 g/mol. The van der Waals surface area contributed by atoms with E-state index in [-0.39, 0.29) is 18.9 Å². The summed E-state index contributed by atoms with van der Waals surface area (Å²) in [6.45, 7) is 6.16. The number of likely N-dealkylation sites (tertiary alicyclic amines) is 1. The Bertz CT molecular complexity index is 815. The van der Waals surface area contributed by atoms with Crippen LogP contribution in [0.25, 0.3) is 5.65 Å². The fourth-order valence-corrected chi connectivity index (χ4v) is 4.18. The molecule has 0 aliphatic carbocycles. The van der Waals surface area contributed by atoms with Crippen LogP contribution < -0.4 is 0 Å². The van der Waals surface area contributed by atoms with Crippen molar-refractivity contribution in [1.29, 1.82) is 0 Å². The van der Waals surface area contributed by atoms with E-state index in [9.17, 15) is 9.90 Å². The van der Waals surface area contributed by atoms with Crippen LogP contribution in [0, 0.1) is 6.92 Å². The molecule has 0 bridgehead atoms. The second-order valence-electron chi connectivity index (χ2n) is 7.89. The zero-order chi connectivity index (χ0) is 18.9. The molecule has 146 valence electrons. The molecule has 2 saturated heterocycles. The lowest BCUT2D eigenvalue weighted by Crippen LogP contribution is -2.53. The van der Waals surface area contributed by atoms with Crippen LogP contribution in [0.5, 0.6) is 0 Å². The molecule has 4 rings (SSSR count). The van der Waals surface area contributed by atoms with Crippen LogP contribution in [0.4, 0.5) is 0 Å². The fourth-order valence-electron chi connectivity index (χ4n) is 4.18. The number of amides is 1. The highest BCUT2D eigenvalue weighted by Gasteiger charge is 2.36. The van der Waals surface area contributed by atoms with E-state index in [1.54, 1.807) is 11.1 Å². The van der Waals surface area contributed by atoms with Gasteiger partial charge in [-0.3, -0.25) is 4.79 Å². The van der Waals surface area contributed by atoms with Gasteiger partial charge in [-0.2, -0.15) is 0 Å². The summed E-state index contributed by atoms with van der Waals surface area (Å²) in [4.78, 5) is 21.4. The second-order valence-corrected chi connectivity index (χ2v) is 7.89. The van der Waals surface area contributed by atoms with E-state index < -0.39 is 5.60 Å². The average molecular weight is 372 g/mol. The summed E-state index contributed by atoms with van der Waals surface area (Å²) in [5, 5.41) is 11.1. The number of β-amino-alcohol motifs (C(OH)–C–C–N with tert-alkyl or cyclic N) is 1. The molecular formula is C20H28N4O3. The van der Waals surface area contributed by atoms with Gasteiger partial charge in [0.25, 0.3) is 0 Å². The number of rotatable bonds is 4. The van der Waals surface area contributed by atoms with E-state index in [1.807, 2.05) is 29.7 Å². The third-order valence-corrected chi connectivity index (χ3v) is 5.57. The van der Waals surface area contributed by atoms with E-state index in [4.69, 9.17) is 4.74 Å². The number of carbonyl (C=O) groups excluding carboxylic acids is 1. The summed E-state index contributed by atoms with van der Waals surface area (Å²) in [5.74, 6) is 0.00338. The summed E-state index contributed by atoms with van der Waals surface area (Å²) in [6.07, 6.45) is 6.32. The van der Waals surface area contributed by atoms with Gasteiger partial charge in [-0.15, -0.1) is 0 Å². The van der Waals surface area contributed by atoms with E-state index >= 15 is 0 Å². The molecule has 1 atom stereocenters. The number of aromatic nitrogens is 2. The van der Waals surface area contributed by atoms with Crippen molar-refractivity contribution in [3.8, 4) is 0 Å². The van der Waals surface area contributed by atoms with Crippen LogP contribution in [0.3, 0.4) is 0 Å². The summed E-state index contributed by atoms with van der Waals surface area (Å²) < 4.78 is 7.60. The van der Waals surface area contributed by atoms with Crippen molar-refractivity contribution < 1.29 is 14.6 Å². The molecule has 2 fully saturated rings. The maximum absolute atomic E-state index is 13.0. The number of ether oxygens (including phenoxy) is 1. The van der Waals surface area contributed by atoms with Crippen molar-refractivity contribution in [2.75, 3.05) is 45.9 Å². The molecule has 2 aromatic heterocycles. The quantitative estimate of drug-likeness (QED) is 0.863. The van der Waals surface area contributed by atoms with Gasteiger partial charge in [0.05, 0.1) is 31.9 Å². The van der Waals surface area contributed by atoms with Crippen LogP contribution in [0.1, 0.15) is 24.1 Å². The van der Waals surface area contributed by atoms with Crippen LogP contribution in [0.15, 0.2) is 24.5 Å². The Kier molecular flexibility index (Phi) is 5.16. The van der Waals surface area contributed by atoms with Gasteiger partial charge in [0.15, 0.2) is 0 Å². The zero-order valence-corrected chi connectivity index (χ0v) is 15.9. The molecule has 27 heavy (non-hydrogen) atoms. The van der Waals surface area contributed by atoms with Crippen molar-refractivity contribution in [2.45, 2.75) is 31.8 Å². The molecule has 0 aromatic carbocycles. The number of fused-ring (bicyclic) bond motifs is 1. The maximum Gasteiger partial charge on any atom is 0.228 e. The number of carbonyl (C=O) groups is 1. The van der Waals surface area contributed by atoms with Gasteiger partial charge in [0.2, 0.25) is 5.91 Å². The third kappa shape index (κ3) is 4.00. The van der Waals surface area contributed by atoms with E-state index in [0.717, 1.165) is 30.0 Å². The predicted octanol–water partition coefficient (Wildman–Crippen LogP) is 0.871. The van der Waals surface area contributed by atoms with Crippen molar-refractivity contribution in [3.63, 3.8) is 0 Å². The van der Waals surface area contributed by atoms with Gasteiger partial charge < -0.3 is 24.0 Å². The standard InChI is InChI=1S/C20H28N4O3/c1-16-5-4-8-24-17(12-21-19(16)24)11-18(25)23-9-10-27-15-20(26,14-23)13-22-6-2-3-7-22/h4-5,8,12,26H,2-3,6-7,9-11,13-15H2,1H3. The van der Waals surface area contributed by atoms with E-state index in [1.165, 1.54) is 12.8 Å². The molecule has 2 aliphatic heterocycles. The second kappa shape index (κ2) is 7.58. The normalized spacial score (nSPS) is 24.4. The monoisotopic (exact) mass is 372 g/mol. The van der Waals surface area contributed by atoms with Crippen molar-refractivity contribution in [1.82, 2.24) is 19.2 Å². The molecule has 4 heterocycles. The maximum atomic E-state index is 13.0. The lowest BCUT2D eigenvalue weighted by molar-refractivity contribution is -0.133. The summed E-state index contributed by atoms with van der Waals surface area (Å²) in [6, 6.07) is 3.98. The number of nitrogens with zero attached hydrogens (tertiary/aromatic N) is 4. The summed E-state index contributed by atoms with van der Waals surface area (Å²) in [5.41, 5.74) is 1.82. The van der Waals surface area contributed by atoms with Crippen LogP contribution >= 0.6 is 0 Å². The van der Waals surface area contributed by atoms with Gasteiger partial charge in [0, 0.05) is 25.5 Å². The molecule has 7 nitrogen and oxygen atoms in total. The predicted molar refractivity (Wildman–Crippen MR) is 102 cm³/mol. The summed E-state index contributed by atoms with van der Waals surface area (Å²) >= 11 is 0. The Morgan fingerprint density at radius 2 is 2.15 bits per heavy atom. The van der Waals surface area contributed by atoms with Gasteiger partial charge in [-0.25, -0.2) is 4.98 Å². The van der Waals surface area contributed by atoms with Gasteiger partial charge in [0.1, 0.15) is 11.2 Å². The molecule has 0 spiro atoms. The lowest BCUT2D eigenvalue weighted by atomic mass is 10.0. The van der Waals surface area contributed by atoms with Gasteiger partial charge in [-0.1, -0.05) is 6.07 Å². The minimum absolute atomic E-state index is 0.00338. The topological polar surface area (TPSA) is 70.3 Å². The zero-order valence-electron chi connectivity index (χ0n) is 15.9. The van der Waals surface area contributed by atoms with Crippen molar-refractivity contribution in [2.24, 2.45) is 0 Å². The Balaban J connectivity index is 1.47. The number of hydrogen-bond donors (Lipinski definition) is 1. The first-order valence-corrected chi connectivity index (χ1v) is 9.76. The molecule has 0 radical (unpaired) electrons. The highest BCUT2D eigenvalue weighted by Crippen LogP contribution is 2.19. The Hall–Kier alpha value is -1.96. The number of imidazole rings is 1. The molecule has 7 heteroatoms. The van der Waals surface area contributed by atoms with Crippen LogP contribution in [0.2, 0.25) is 0 Å². The first-order valence-electron chi connectivity index (χ1n) is 9.76. The first kappa shape index (κ1) is 18.4. The number of pyridine rings is 1. The highest BCUT2D eigenvalue weighted by atomic mass is 16.5. The minimum atomic E-state index is -1.01. The number of aryl methyl sites for hydroxylation is 1. The molecule has 1 N–H and O–H groups in total. The molecule has 1 amide bonds. The molecule has 0 saturated carbocycles. The van der Waals surface area contributed by atoms with Crippen LogP contribution in [-0.2, 0) is 16.0 Å². The number of hydrogen-bond acceptors (Lipinski definition) is 5. The molecule has 2 aliphatic rings. The Morgan fingerprint density at radius 1 is 1.33 bits per heavy atom. The SMILES string of the molecule is Cc1cccn2c(CC(=O)N3CCOCC(O)(CN4CCCC4)C3)cnc12. The average Bonchev–Trinajstić information content (AvgIpc) is 3.24. The molecule has 1 unspecified atom stereocenters.